The normalized spacial score (nSPS) is 11.9. The minimum atomic E-state index is 0.0663. The number of carbonyl (C=O) groups excluding carboxylic acids is 1. The number of rotatable bonds is 2. The van der Waals surface area contributed by atoms with Crippen molar-refractivity contribution in [2.24, 2.45) is 5.41 Å². The third-order valence-electron chi connectivity index (χ3n) is 0.684. The van der Waals surface area contributed by atoms with Crippen molar-refractivity contribution in [1.29, 1.82) is 0 Å². The van der Waals surface area contributed by atoms with E-state index in [1.165, 1.54) is 12.7 Å². The Bertz CT molecular complexity index is 109. The van der Waals surface area contributed by atoms with Crippen LogP contribution >= 0.6 is 0 Å². The topological polar surface area (TPSA) is 26.3 Å². The lowest BCUT2D eigenvalue weighted by Crippen LogP contribution is -1.98. The predicted octanol–water partition coefficient (Wildman–Crippen LogP) is 1.63. The second kappa shape index (κ2) is 3.28. The van der Waals surface area contributed by atoms with E-state index in [4.69, 9.17) is 0 Å². The molecular formula is C7H11O2. The fraction of sp³-hybridized carbons (Fsp3) is 0.571. The second-order valence-electron chi connectivity index (χ2n) is 2.87. The van der Waals surface area contributed by atoms with Crippen molar-refractivity contribution in [2.45, 2.75) is 20.8 Å². The van der Waals surface area contributed by atoms with Gasteiger partial charge in [-0.25, -0.2) is 4.79 Å². The minimum absolute atomic E-state index is 0.0663. The molecule has 0 atom stereocenters. The summed E-state index contributed by atoms with van der Waals surface area (Å²) in [6, 6.07) is 0. The second-order valence-corrected chi connectivity index (χ2v) is 2.87. The monoisotopic (exact) mass is 127 g/mol. The van der Waals surface area contributed by atoms with Crippen molar-refractivity contribution in [1.82, 2.24) is 0 Å². The molecule has 0 spiro atoms. The molecule has 2 nitrogen and oxygen atoms in total. The summed E-state index contributed by atoms with van der Waals surface area (Å²) in [6.45, 7) is 7.34. The minimum Gasteiger partial charge on any atom is -0.426 e. The van der Waals surface area contributed by atoms with Gasteiger partial charge in [-0.2, -0.15) is 0 Å². The lowest BCUT2D eigenvalue weighted by atomic mass is 9.97. The highest BCUT2D eigenvalue weighted by Crippen LogP contribution is 2.13. The van der Waals surface area contributed by atoms with Gasteiger partial charge in [0.2, 0.25) is 0 Å². The van der Waals surface area contributed by atoms with Gasteiger partial charge < -0.3 is 4.74 Å². The lowest BCUT2D eigenvalue weighted by Gasteiger charge is -2.09. The molecule has 0 unspecified atom stereocenters. The summed E-state index contributed by atoms with van der Waals surface area (Å²) in [5, 5.41) is 0. The average Bonchev–Trinajstić information content (AvgIpc) is 1.63. The molecular weight excluding hydrogens is 116 g/mol. The van der Waals surface area contributed by atoms with E-state index in [0.29, 0.717) is 0 Å². The molecule has 0 rings (SSSR count). The number of ether oxygens (including phenoxy) is 1. The molecule has 0 aliphatic rings. The van der Waals surface area contributed by atoms with Crippen LogP contribution in [-0.4, -0.2) is 6.47 Å². The van der Waals surface area contributed by atoms with E-state index in [0.717, 1.165) is 0 Å². The van der Waals surface area contributed by atoms with Gasteiger partial charge in [-0.3, -0.25) is 0 Å². The summed E-state index contributed by atoms with van der Waals surface area (Å²) in [7, 11) is 0. The molecule has 0 aromatic carbocycles. The largest absolute Gasteiger partial charge is 0.426 e. The molecule has 0 aliphatic carbocycles. The van der Waals surface area contributed by atoms with Gasteiger partial charge in [-0.15, -0.1) is 0 Å². The van der Waals surface area contributed by atoms with E-state index in [-0.39, 0.29) is 5.41 Å². The molecule has 0 heterocycles. The zero-order chi connectivity index (χ0) is 7.33. The van der Waals surface area contributed by atoms with Crippen LogP contribution < -0.4 is 0 Å². The van der Waals surface area contributed by atoms with Crippen LogP contribution in [-0.2, 0) is 9.53 Å². The first kappa shape index (κ1) is 8.21. The van der Waals surface area contributed by atoms with Crippen LogP contribution in [0.4, 0.5) is 0 Å². The van der Waals surface area contributed by atoms with Crippen LogP contribution in [0.3, 0.4) is 0 Å². The Kier molecular flexibility index (Phi) is 2.99. The molecule has 2 heteroatoms. The third kappa shape index (κ3) is 7.21. The van der Waals surface area contributed by atoms with Crippen LogP contribution in [0.25, 0.3) is 0 Å². The van der Waals surface area contributed by atoms with E-state index < -0.39 is 0 Å². The maximum atomic E-state index is 9.49. The Morgan fingerprint density at radius 2 is 2.00 bits per heavy atom. The van der Waals surface area contributed by atoms with Gasteiger partial charge in [0.1, 0.15) is 0 Å². The highest BCUT2D eigenvalue weighted by Gasteiger charge is 2.02. The van der Waals surface area contributed by atoms with Crippen molar-refractivity contribution in [3.63, 3.8) is 0 Å². The van der Waals surface area contributed by atoms with Gasteiger partial charge in [0, 0.05) is 0 Å². The molecule has 0 aromatic rings. The maximum Gasteiger partial charge on any atom is 0.422 e. The predicted molar refractivity (Wildman–Crippen MR) is 35.4 cm³/mol. The zero-order valence-electron chi connectivity index (χ0n) is 5.97. The van der Waals surface area contributed by atoms with Gasteiger partial charge in [-0.1, -0.05) is 20.8 Å². The van der Waals surface area contributed by atoms with E-state index in [1.54, 1.807) is 6.08 Å². The molecule has 0 aromatic heterocycles. The molecule has 51 valence electrons. The third-order valence-corrected chi connectivity index (χ3v) is 0.684. The first-order valence-corrected chi connectivity index (χ1v) is 2.77. The molecule has 1 radical (unpaired) electrons. The smallest absolute Gasteiger partial charge is 0.422 e. The Morgan fingerprint density at radius 1 is 1.44 bits per heavy atom. The highest BCUT2D eigenvalue weighted by molar-refractivity contribution is 5.39. The number of hydrogen-bond acceptors (Lipinski definition) is 2. The summed E-state index contributed by atoms with van der Waals surface area (Å²) in [5.41, 5.74) is 0.0663. The van der Waals surface area contributed by atoms with Gasteiger partial charge in [0.05, 0.1) is 6.26 Å². The SMILES string of the molecule is CC(C)(C)/C=C/O[C]=O. The fourth-order valence-corrected chi connectivity index (χ4v) is 0.266. The molecule has 0 amide bonds. The van der Waals surface area contributed by atoms with E-state index in [9.17, 15) is 4.79 Å². The Labute approximate surface area is 55.5 Å². The molecule has 0 bridgehead atoms. The van der Waals surface area contributed by atoms with Crippen LogP contribution in [0.1, 0.15) is 20.8 Å². The van der Waals surface area contributed by atoms with Crippen molar-refractivity contribution in [3.05, 3.63) is 12.3 Å². The molecule has 0 aliphatic heterocycles. The van der Waals surface area contributed by atoms with E-state index >= 15 is 0 Å². The Hall–Kier alpha value is -0.790. The first-order valence-electron chi connectivity index (χ1n) is 2.77. The summed E-state index contributed by atoms with van der Waals surface area (Å²) >= 11 is 0. The van der Waals surface area contributed by atoms with Gasteiger partial charge >= 0.3 is 6.47 Å². The van der Waals surface area contributed by atoms with Gasteiger partial charge in [0.15, 0.2) is 0 Å². The number of hydrogen-bond donors (Lipinski definition) is 0. The van der Waals surface area contributed by atoms with Gasteiger partial charge in [0.25, 0.3) is 0 Å². The molecule has 0 saturated carbocycles. The van der Waals surface area contributed by atoms with Crippen molar-refractivity contribution < 1.29 is 9.53 Å². The zero-order valence-corrected chi connectivity index (χ0v) is 5.97. The Balaban J connectivity index is 3.57. The molecule has 0 saturated heterocycles. The number of allylic oxidation sites excluding steroid dienone is 1. The molecule has 0 N–H and O–H groups in total. The Morgan fingerprint density at radius 3 is 2.33 bits per heavy atom. The lowest BCUT2D eigenvalue weighted by molar-refractivity contribution is 0.389. The van der Waals surface area contributed by atoms with Crippen LogP contribution in [0, 0.1) is 5.41 Å². The first-order chi connectivity index (χ1) is 4.06. The van der Waals surface area contributed by atoms with Crippen molar-refractivity contribution in [3.8, 4) is 0 Å². The fourth-order valence-electron chi connectivity index (χ4n) is 0.266. The van der Waals surface area contributed by atoms with Crippen LogP contribution in [0.2, 0.25) is 0 Å². The summed E-state index contributed by atoms with van der Waals surface area (Å²) in [4.78, 5) is 9.49. The van der Waals surface area contributed by atoms with E-state index in [2.05, 4.69) is 4.74 Å². The van der Waals surface area contributed by atoms with E-state index in [1.807, 2.05) is 20.8 Å². The summed E-state index contributed by atoms with van der Waals surface area (Å²) in [5.74, 6) is 0. The van der Waals surface area contributed by atoms with Crippen LogP contribution in [0.15, 0.2) is 12.3 Å². The molecule has 9 heavy (non-hydrogen) atoms. The highest BCUT2D eigenvalue weighted by atomic mass is 16.5. The quantitative estimate of drug-likeness (QED) is 0.527. The van der Waals surface area contributed by atoms with Crippen molar-refractivity contribution >= 4 is 6.47 Å². The molecule has 0 fully saturated rings. The van der Waals surface area contributed by atoms with Crippen LogP contribution in [0.5, 0.6) is 0 Å². The van der Waals surface area contributed by atoms with Gasteiger partial charge in [-0.05, 0) is 11.5 Å². The summed E-state index contributed by atoms with van der Waals surface area (Å²) in [6.07, 6.45) is 3.13. The standard InChI is InChI=1S/C7H11O2/c1-7(2,3)4-5-9-6-8/h4-5H,1-3H3/b5-4+. The summed E-state index contributed by atoms with van der Waals surface area (Å²) < 4.78 is 4.22. The maximum absolute atomic E-state index is 9.49. The average molecular weight is 127 g/mol. The van der Waals surface area contributed by atoms with Crippen molar-refractivity contribution in [2.75, 3.05) is 0 Å².